The molecule has 0 N–H and O–H groups in total. The van der Waals surface area contributed by atoms with Crippen molar-refractivity contribution in [2.24, 2.45) is 0 Å². The van der Waals surface area contributed by atoms with Crippen LogP contribution >= 0.6 is 0 Å². The molecule has 1 aliphatic heterocycles. The number of likely N-dealkylation sites (tertiary alicyclic amines) is 1. The van der Waals surface area contributed by atoms with Gasteiger partial charge in [-0.15, -0.1) is 0 Å². The molecule has 1 saturated heterocycles. The SMILES string of the molecule is CN(CCCCCN1CC[CH]CC1)Cc1ccccc1. The summed E-state index contributed by atoms with van der Waals surface area (Å²) in [6.07, 6.45) is 9.05. The molecule has 0 spiro atoms. The zero-order chi connectivity index (χ0) is 14.0. The summed E-state index contributed by atoms with van der Waals surface area (Å²) < 4.78 is 0. The molecule has 0 amide bonds. The lowest BCUT2D eigenvalue weighted by molar-refractivity contribution is 0.244. The summed E-state index contributed by atoms with van der Waals surface area (Å²) in [5, 5.41) is 0. The van der Waals surface area contributed by atoms with E-state index in [0.717, 1.165) is 6.54 Å². The molecule has 0 saturated carbocycles. The van der Waals surface area contributed by atoms with Gasteiger partial charge in [0.15, 0.2) is 0 Å². The Morgan fingerprint density at radius 1 is 1.00 bits per heavy atom. The molecule has 111 valence electrons. The Labute approximate surface area is 124 Å². The monoisotopic (exact) mass is 273 g/mol. The van der Waals surface area contributed by atoms with E-state index in [1.165, 1.54) is 63.8 Å². The first kappa shape index (κ1) is 15.5. The van der Waals surface area contributed by atoms with Crippen LogP contribution in [0.5, 0.6) is 0 Å². The minimum Gasteiger partial charge on any atom is -0.303 e. The molecule has 0 bridgehead atoms. The fourth-order valence-electron chi connectivity index (χ4n) is 2.90. The highest BCUT2D eigenvalue weighted by molar-refractivity contribution is 5.14. The Morgan fingerprint density at radius 2 is 1.75 bits per heavy atom. The summed E-state index contributed by atoms with van der Waals surface area (Å²) in [7, 11) is 2.23. The van der Waals surface area contributed by atoms with Gasteiger partial charge < -0.3 is 9.80 Å². The molecule has 0 unspecified atom stereocenters. The summed E-state index contributed by atoms with van der Waals surface area (Å²) in [4.78, 5) is 5.05. The molecule has 0 aromatic heterocycles. The van der Waals surface area contributed by atoms with Gasteiger partial charge in [0, 0.05) is 6.54 Å². The van der Waals surface area contributed by atoms with E-state index in [2.05, 4.69) is 53.6 Å². The van der Waals surface area contributed by atoms with Crippen molar-refractivity contribution >= 4 is 0 Å². The summed E-state index contributed by atoms with van der Waals surface area (Å²) >= 11 is 0. The number of hydrogen-bond donors (Lipinski definition) is 0. The maximum Gasteiger partial charge on any atom is 0.0230 e. The standard InChI is InChI=1S/C18H29N2/c1-19(17-18-11-5-2-6-12-18)13-7-3-8-14-20-15-9-4-10-16-20/h2,4-6,11-12H,3,7-10,13-17H2,1H3. The predicted octanol–water partition coefficient (Wildman–Crippen LogP) is 3.59. The predicted molar refractivity (Wildman–Crippen MR) is 86.6 cm³/mol. The van der Waals surface area contributed by atoms with Crippen molar-refractivity contribution in [3.8, 4) is 0 Å². The number of nitrogens with zero attached hydrogens (tertiary/aromatic N) is 2. The van der Waals surface area contributed by atoms with Gasteiger partial charge in [0.2, 0.25) is 0 Å². The first-order valence-corrected chi connectivity index (χ1v) is 8.11. The van der Waals surface area contributed by atoms with Crippen LogP contribution in [0, 0.1) is 6.42 Å². The fraction of sp³-hybridized carbons (Fsp3) is 0.611. The van der Waals surface area contributed by atoms with Gasteiger partial charge >= 0.3 is 0 Å². The Morgan fingerprint density at radius 3 is 2.50 bits per heavy atom. The number of benzene rings is 1. The Balaban J connectivity index is 1.50. The highest BCUT2D eigenvalue weighted by atomic mass is 15.1. The summed E-state index contributed by atoms with van der Waals surface area (Å²) in [6.45, 7) is 6.16. The van der Waals surface area contributed by atoms with Crippen LogP contribution in [0.2, 0.25) is 0 Å². The van der Waals surface area contributed by atoms with Gasteiger partial charge in [0.1, 0.15) is 0 Å². The number of piperidine rings is 1. The topological polar surface area (TPSA) is 6.48 Å². The second kappa shape index (κ2) is 9.15. The summed E-state index contributed by atoms with van der Waals surface area (Å²) in [6, 6.07) is 10.8. The van der Waals surface area contributed by atoms with E-state index in [4.69, 9.17) is 0 Å². The zero-order valence-electron chi connectivity index (χ0n) is 12.9. The molecule has 2 heteroatoms. The molecule has 1 aromatic carbocycles. The highest BCUT2D eigenvalue weighted by Crippen LogP contribution is 2.09. The molecular formula is C18H29N2. The molecular weight excluding hydrogens is 244 g/mol. The lowest BCUT2D eigenvalue weighted by Crippen LogP contribution is -2.30. The van der Waals surface area contributed by atoms with E-state index in [9.17, 15) is 0 Å². The van der Waals surface area contributed by atoms with Crippen molar-refractivity contribution < 1.29 is 0 Å². The molecule has 1 fully saturated rings. The third-order valence-electron chi connectivity index (χ3n) is 4.11. The second-order valence-electron chi connectivity index (χ2n) is 5.99. The van der Waals surface area contributed by atoms with Crippen molar-refractivity contribution in [1.82, 2.24) is 9.80 Å². The van der Waals surface area contributed by atoms with Gasteiger partial charge in [-0.05, 0) is 70.9 Å². The molecule has 2 rings (SSSR count). The van der Waals surface area contributed by atoms with Crippen LogP contribution in [0.1, 0.15) is 37.7 Å². The fourth-order valence-corrected chi connectivity index (χ4v) is 2.90. The van der Waals surface area contributed by atoms with Crippen molar-refractivity contribution in [3.05, 3.63) is 42.3 Å². The highest BCUT2D eigenvalue weighted by Gasteiger charge is 2.09. The number of rotatable bonds is 8. The van der Waals surface area contributed by atoms with E-state index < -0.39 is 0 Å². The lowest BCUT2D eigenvalue weighted by Gasteiger charge is -2.26. The van der Waals surface area contributed by atoms with Crippen LogP contribution in [-0.2, 0) is 6.54 Å². The largest absolute Gasteiger partial charge is 0.303 e. The maximum absolute atomic E-state index is 2.62. The van der Waals surface area contributed by atoms with Crippen LogP contribution < -0.4 is 0 Å². The van der Waals surface area contributed by atoms with E-state index in [0.29, 0.717) is 0 Å². The molecule has 1 aromatic rings. The molecule has 1 radical (unpaired) electrons. The summed E-state index contributed by atoms with van der Waals surface area (Å²) in [5.41, 5.74) is 1.42. The van der Waals surface area contributed by atoms with Crippen molar-refractivity contribution in [2.45, 2.75) is 38.6 Å². The van der Waals surface area contributed by atoms with Crippen LogP contribution in [-0.4, -0.2) is 43.0 Å². The van der Waals surface area contributed by atoms with Crippen molar-refractivity contribution in [2.75, 3.05) is 33.2 Å². The lowest BCUT2D eigenvalue weighted by atomic mass is 10.1. The van der Waals surface area contributed by atoms with Crippen LogP contribution in [0.25, 0.3) is 0 Å². The quantitative estimate of drug-likeness (QED) is 0.668. The second-order valence-corrected chi connectivity index (χ2v) is 5.99. The Kier molecular flexibility index (Phi) is 7.10. The van der Waals surface area contributed by atoms with Crippen LogP contribution in [0.4, 0.5) is 0 Å². The minimum absolute atomic E-state index is 1.07. The number of hydrogen-bond acceptors (Lipinski definition) is 2. The normalized spacial score (nSPS) is 16.7. The van der Waals surface area contributed by atoms with Crippen LogP contribution in [0.15, 0.2) is 30.3 Å². The smallest absolute Gasteiger partial charge is 0.0230 e. The van der Waals surface area contributed by atoms with Gasteiger partial charge in [-0.2, -0.15) is 0 Å². The molecule has 0 atom stereocenters. The third-order valence-corrected chi connectivity index (χ3v) is 4.11. The molecule has 1 aliphatic rings. The Bertz CT molecular complexity index is 344. The van der Waals surface area contributed by atoms with Crippen LogP contribution in [0.3, 0.4) is 0 Å². The van der Waals surface area contributed by atoms with Gasteiger partial charge in [-0.25, -0.2) is 0 Å². The molecule has 20 heavy (non-hydrogen) atoms. The van der Waals surface area contributed by atoms with Gasteiger partial charge in [-0.1, -0.05) is 36.8 Å². The van der Waals surface area contributed by atoms with Crippen molar-refractivity contribution in [1.29, 1.82) is 0 Å². The Hall–Kier alpha value is -0.860. The van der Waals surface area contributed by atoms with Crippen molar-refractivity contribution in [3.63, 3.8) is 0 Å². The van der Waals surface area contributed by atoms with E-state index in [1.807, 2.05) is 0 Å². The van der Waals surface area contributed by atoms with Gasteiger partial charge in [0.05, 0.1) is 0 Å². The first-order chi connectivity index (χ1) is 9.84. The zero-order valence-corrected chi connectivity index (χ0v) is 12.9. The van der Waals surface area contributed by atoms with E-state index >= 15 is 0 Å². The molecule has 0 aliphatic carbocycles. The average molecular weight is 273 g/mol. The van der Waals surface area contributed by atoms with E-state index in [1.54, 1.807) is 0 Å². The molecule has 2 nitrogen and oxygen atoms in total. The van der Waals surface area contributed by atoms with Gasteiger partial charge in [0.25, 0.3) is 0 Å². The third kappa shape index (κ3) is 6.06. The maximum atomic E-state index is 2.62. The first-order valence-electron chi connectivity index (χ1n) is 8.11. The minimum atomic E-state index is 1.07. The van der Waals surface area contributed by atoms with Gasteiger partial charge in [-0.3, -0.25) is 0 Å². The number of unbranched alkanes of at least 4 members (excludes halogenated alkanes) is 2. The molecule has 1 heterocycles. The van der Waals surface area contributed by atoms with E-state index in [-0.39, 0.29) is 0 Å². The summed E-state index contributed by atoms with van der Waals surface area (Å²) in [5.74, 6) is 0. The average Bonchev–Trinajstić information content (AvgIpc) is 2.49.